The number of anilines is 1. The Morgan fingerprint density at radius 2 is 2.35 bits per heavy atom. The van der Waals surface area contributed by atoms with Crippen LogP contribution in [0.1, 0.15) is 18.9 Å². The first-order chi connectivity index (χ1) is 9.79. The smallest absolute Gasteiger partial charge is 0.149 e. The fourth-order valence-electron chi connectivity index (χ4n) is 2.62. The molecule has 1 atom stereocenters. The van der Waals surface area contributed by atoms with E-state index in [1.807, 2.05) is 35.3 Å². The number of rotatable bonds is 3. The number of hydrogen-bond donors (Lipinski definition) is 1. The Labute approximate surface area is 118 Å². The molecule has 1 aromatic carbocycles. The minimum Gasteiger partial charge on any atom is -0.494 e. The summed E-state index contributed by atoms with van der Waals surface area (Å²) in [5.41, 5.74) is 8.57. The van der Waals surface area contributed by atoms with Crippen LogP contribution < -0.4 is 10.5 Å². The highest BCUT2D eigenvalue weighted by Gasteiger charge is 2.18. The van der Waals surface area contributed by atoms with E-state index in [4.69, 9.17) is 15.2 Å². The van der Waals surface area contributed by atoms with E-state index in [1.165, 1.54) is 0 Å². The molecule has 1 fully saturated rings. The number of benzene rings is 1. The van der Waals surface area contributed by atoms with Crippen LogP contribution in [0.15, 0.2) is 30.6 Å². The lowest BCUT2D eigenvalue weighted by Gasteiger charge is -2.22. The molecule has 0 amide bonds. The van der Waals surface area contributed by atoms with Gasteiger partial charge in [-0.3, -0.25) is 4.68 Å². The Balaban J connectivity index is 1.92. The molecule has 0 spiro atoms. The predicted molar refractivity (Wildman–Crippen MR) is 77.7 cm³/mol. The van der Waals surface area contributed by atoms with Crippen molar-refractivity contribution < 1.29 is 9.47 Å². The molecule has 1 saturated heterocycles. The number of ether oxygens (including phenoxy) is 2. The molecule has 5 nitrogen and oxygen atoms in total. The van der Waals surface area contributed by atoms with Gasteiger partial charge in [0.05, 0.1) is 31.6 Å². The third kappa shape index (κ3) is 2.36. The molecule has 106 valence electrons. The number of para-hydroxylation sites is 1. The van der Waals surface area contributed by atoms with Gasteiger partial charge < -0.3 is 15.2 Å². The molecule has 5 heteroatoms. The van der Waals surface area contributed by atoms with Crippen molar-refractivity contribution in [2.75, 3.05) is 26.1 Å². The van der Waals surface area contributed by atoms with Crippen molar-refractivity contribution in [1.29, 1.82) is 0 Å². The number of methoxy groups -OCH3 is 1. The zero-order chi connectivity index (χ0) is 13.9. The lowest BCUT2D eigenvalue weighted by Crippen LogP contribution is -2.21. The van der Waals surface area contributed by atoms with E-state index in [1.54, 1.807) is 7.11 Å². The number of aromatic nitrogens is 2. The van der Waals surface area contributed by atoms with E-state index in [9.17, 15) is 0 Å². The number of nitrogens with zero attached hydrogens (tertiary/aromatic N) is 2. The van der Waals surface area contributed by atoms with Crippen LogP contribution in [0.25, 0.3) is 11.1 Å². The Bertz CT molecular complexity index is 589. The van der Waals surface area contributed by atoms with Crippen molar-refractivity contribution in [1.82, 2.24) is 9.78 Å². The summed E-state index contributed by atoms with van der Waals surface area (Å²) in [4.78, 5) is 0. The summed E-state index contributed by atoms with van der Waals surface area (Å²) in [5.74, 6) is 0.701. The summed E-state index contributed by atoms with van der Waals surface area (Å²) in [5, 5.41) is 4.46. The second kappa shape index (κ2) is 5.54. The summed E-state index contributed by atoms with van der Waals surface area (Å²) in [6, 6.07) is 6.08. The lowest BCUT2D eigenvalue weighted by atomic mass is 10.1. The summed E-state index contributed by atoms with van der Waals surface area (Å²) >= 11 is 0. The molecule has 20 heavy (non-hydrogen) atoms. The normalized spacial score (nSPS) is 18.9. The molecule has 0 radical (unpaired) electrons. The first-order valence-corrected chi connectivity index (χ1v) is 6.84. The zero-order valence-corrected chi connectivity index (χ0v) is 11.6. The molecule has 1 unspecified atom stereocenters. The van der Waals surface area contributed by atoms with Crippen molar-refractivity contribution in [2.45, 2.75) is 18.9 Å². The minimum atomic E-state index is 0.324. The SMILES string of the molecule is COc1c(N)cccc1-c1cnn(C2CCCOC2)c1. The van der Waals surface area contributed by atoms with E-state index in [0.29, 0.717) is 17.5 Å². The Morgan fingerprint density at radius 1 is 1.45 bits per heavy atom. The molecular weight excluding hydrogens is 254 g/mol. The van der Waals surface area contributed by atoms with Gasteiger partial charge in [-0.15, -0.1) is 0 Å². The van der Waals surface area contributed by atoms with Crippen LogP contribution >= 0.6 is 0 Å². The monoisotopic (exact) mass is 273 g/mol. The van der Waals surface area contributed by atoms with Gasteiger partial charge in [0.1, 0.15) is 5.75 Å². The molecule has 2 heterocycles. The zero-order valence-electron chi connectivity index (χ0n) is 11.6. The highest BCUT2D eigenvalue weighted by atomic mass is 16.5. The Kier molecular flexibility index (Phi) is 3.60. The van der Waals surface area contributed by atoms with Crippen LogP contribution in [0.3, 0.4) is 0 Å². The molecule has 0 bridgehead atoms. The first kappa shape index (κ1) is 13.0. The minimum absolute atomic E-state index is 0.324. The number of nitrogen functional groups attached to an aromatic ring is 1. The van der Waals surface area contributed by atoms with Crippen molar-refractivity contribution in [3.05, 3.63) is 30.6 Å². The molecule has 2 aromatic rings. The van der Waals surface area contributed by atoms with Crippen molar-refractivity contribution in [2.24, 2.45) is 0 Å². The predicted octanol–water partition coefficient (Wildman–Crippen LogP) is 2.49. The van der Waals surface area contributed by atoms with E-state index < -0.39 is 0 Å². The van der Waals surface area contributed by atoms with Crippen molar-refractivity contribution in [3.8, 4) is 16.9 Å². The van der Waals surface area contributed by atoms with Crippen molar-refractivity contribution in [3.63, 3.8) is 0 Å². The highest BCUT2D eigenvalue weighted by Crippen LogP contribution is 2.35. The van der Waals surface area contributed by atoms with Gasteiger partial charge in [0.15, 0.2) is 0 Å². The molecule has 0 saturated carbocycles. The number of hydrogen-bond acceptors (Lipinski definition) is 4. The van der Waals surface area contributed by atoms with Crippen LogP contribution in [0.4, 0.5) is 5.69 Å². The van der Waals surface area contributed by atoms with Crippen molar-refractivity contribution >= 4 is 5.69 Å². The van der Waals surface area contributed by atoms with Crippen LogP contribution in [-0.2, 0) is 4.74 Å². The largest absolute Gasteiger partial charge is 0.494 e. The van der Waals surface area contributed by atoms with E-state index in [2.05, 4.69) is 5.10 Å². The van der Waals surface area contributed by atoms with E-state index in [-0.39, 0.29) is 0 Å². The average molecular weight is 273 g/mol. The van der Waals surface area contributed by atoms with Gasteiger partial charge in [0.2, 0.25) is 0 Å². The molecular formula is C15H19N3O2. The molecule has 3 rings (SSSR count). The maximum atomic E-state index is 5.95. The van der Waals surface area contributed by atoms with Gasteiger partial charge in [0, 0.05) is 23.9 Å². The maximum Gasteiger partial charge on any atom is 0.149 e. The molecule has 2 N–H and O–H groups in total. The van der Waals surface area contributed by atoms with Crippen LogP contribution in [0, 0.1) is 0 Å². The highest BCUT2D eigenvalue weighted by molar-refractivity contribution is 5.76. The molecule has 1 aliphatic rings. The Hall–Kier alpha value is -2.01. The number of nitrogens with two attached hydrogens (primary N) is 1. The topological polar surface area (TPSA) is 62.3 Å². The summed E-state index contributed by atoms with van der Waals surface area (Å²) in [6.45, 7) is 1.59. The Morgan fingerprint density at radius 3 is 3.10 bits per heavy atom. The average Bonchev–Trinajstić information content (AvgIpc) is 2.97. The first-order valence-electron chi connectivity index (χ1n) is 6.84. The maximum absolute atomic E-state index is 5.95. The summed E-state index contributed by atoms with van der Waals surface area (Å²) in [7, 11) is 1.63. The third-order valence-electron chi connectivity index (χ3n) is 3.67. The van der Waals surface area contributed by atoms with E-state index >= 15 is 0 Å². The van der Waals surface area contributed by atoms with Gasteiger partial charge in [-0.05, 0) is 18.9 Å². The fraction of sp³-hybridized carbons (Fsp3) is 0.400. The fourth-order valence-corrected chi connectivity index (χ4v) is 2.62. The standard InChI is InChI=1S/C15H19N3O2/c1-19-15-13(5-2-6-14(15)16)11-8-17-18(9-11)12-4-3-7-20-10-12/h2,5-6,8-9,12H,3-4,7,10,16H2,1H3. The lowest BCUT2D eigenvalue weighted by molar-refractivity contribution is 0.0549. The molecule has 1 aromatic heterocycles. The second-order valence-corrected chi connectivity index (χ2v) is 5.01. The van der Waals surface area contributed by atoms with Gasteiger partial charge in [-0.1, -0.05) is 12.1 Å². The van der Waals surface area contributed by atoms with Crippen LogP contribution in [0.2, 0.25) is 0 Å². The third-order valence-corrected chi connectivity index (χ3v) is 3.67. The molecule has 0 aliphatic carbocycles. The van der Waals surface area contributed by atoms with Crippen LogP contribution in [0.5, 0.6) is 5.75 Å². The van der Waals surface area contributed by atoms with Gasteiger partial charge in [0.25, 0.3) is 0 Å². The summed E-state index contributed by atoms with van der Waals surface area (Å²) in [6.07, 6.45) is 6.08. The van der Waals surface area contributed by atoms with E-state index in [0.717, 1.165) is 37.2 Å². The quantitative estimate of drug-likeness (QED) is 0.873. The summed E-state index contributed by atoms with van der Waals surface area (Å²) < 4.78 is 12.9. The van der Waals surface area contributed by atoms with Gasteiger partial charge in [-0.2, -0.15) is 5.10 Å². The van der Waals surface area contributed by atoms with Gasteiger partial charge in [-0.25, -0.2) is 0 Å². The second-order valence-electron chi connectivity index (χ2n) is 5.01. The molecule has 1 aliphatic heterocycles. The van der Waals surface area contributed by atoms with Crippen LogP contribution in [-0.4, -0.2) is 30.1 Å². The van der Waals surface area contributed by atoms with Gasteiger partial charge >= 0.3 is 0 Å².